The van der Waals surface area contributed by atoms with Gasteiger partial charge in [0.25, 0.3) is 0 Å². The second kappa shape index (κ2) is 5.09. The van der Waals surface area contributed by atoms with E-state index in [-0.39, 0.29) is 5.56 Å². The molecule has 25 heavy (non-hydrogen) atoms. The molecule has 4 nitrogen and oxygen atoms in total. The molecule has 0 bridgehead atoms. The largest absolute Gasteiger partial charge is 0.478 e. The summed E-state index contributed by atoms with van der Waals surface area (Å²) >= 11 is 7.00. The number of aromatic nitrogens is 2. The summed E-state index contributed by atoms with van der Waals surface area (Å²) in [6.07, 6.45) is 0. The number of carbonyl (C=O) groups is 1. The lowest BCUT2D eigenvalue weighted by Gasteiger charge is -2.01. The van der Waals surface area contributed by atoms with E-state index in [1.807, 2.05) is 36.4 Å². The number of carboxylic acids is 1. The van der Waals surface area contributed by atoms with Crippen LogP contribution in [0.4, 0.5) is 0 Å². The van der Waals surface area contributed by atoms with Gasteiger partial charge in [0.05, 0.1) is 11.0 Å². The Balaban J connectivity index is 2.09. The number of carboxylic acid groups (broad SMARTS) is 1. The van der Waals surface area contributed by atoms with Crippen LogP contribution in [0, 0.1) is 0 Å². The van der Waals surface area contributed by atoms with Crippen molar-refractivity contribution >= 4 is 81.4 Å². The smallest absolute Gasteiger partial charge is 0.340 e. The van der Waals surface area contributed by atoms with Crippen molar-refractivity contribution in [1.82, 2.24) is 9.97 Å². The lowest BCUT2D eigenvalue weighted by Crippen LogP contribution is -1.99. The molecule has 0 aliphatic heterocycles. The first-order valence-electron chi connectivity index (χ1n) is 7.61. The van der Waals surface area contributed by atoms with Gasteiger partial charge in [-0.1, -0.05) is 31.9 Å². The first-order valence-corrected chi connectivity index (χ1v) is 9.20. The zero-order valence-corrected chi connectivity index (χ0v) is 15.8. The topological polar surface area (TPSA) is 68.9 Å². The van der Waals surface area contributed by atoms with Gasteiger partial charge in [-0.05, 0) is 42.5 Å². The Bertz CT molecular complexity index is 1250. The van der Waals surface area contributed by atoms with Crippen LogP contribution in [-0.4, -0.2) is 21.0 Å². The summed E-state index contributed by atoms with van der Waals surface area (Å²) in [7, 11) is 0. The van der Waals surface area contributed by atoms with E-state index >= 15 is 0 Å². The number of hydrogen-bond acceptors (Lipinski definition) is 1. The van der Waals surface area contributed by atoms with Crippen LogP contribution in [0.1, 0.15) is 10.4 Å². The molecule has 0 atom stereocenters. The highest BCUT2D eigenvalue weighted by Crippen LogP contribution is 2.37. The minimum Gasteiger partial charge on any atom is -0.478 e. The number of halogens is 2. The molecule has 0 fully saturated rings. The molecule has 2 aromatic heterocycles. The van der Waals surface area contributed by atoms with E-state index in [2.05, 4.69) is 47.9 Å². The molecule has 0 radical (unpaired) electrons. The molecular formula is C19H10Br2N2O2. The van der Waals surface area contributed by atoms with Crippen molar-refractivity contribution in [2.24, 2.45) is 0 Å². The molecule has 0 amide bonds. The summed E-state index contributed by atoms with van der Waals surface area (Å²) in [5.41, 5.74) is 3.38. The molecule has 3 N–H and O–H groups in total. The average molecular weight is 458 g/mol. The first-order chi connectivity index (χ1) is 12.0. The Kier molecular flexibility index (Phi) is 3.05. The van der Waals surface area contributed by atoms with Gasteiger partial charge in [0.2, 0.25) is 0 Å². The molecule has 5 aromatic rings. The van der Waals surface area contributed by atoms with Crippen molar-refractivity contribution in [2.45, 2.75) is 0 Å². The summed E-state index contributed by atoms with van der Waals surface area (Å²) in [4.78, 5) is 18.6. The summed E-state index contributed by atoms with van der Waals surface area (Å²) in [5.74, 6) is -0.952. The lowest BCUT2D eigenvalue weighted by atomic mass is 10.0. The van der Waals surface area contributed by atoms with Crippen LogP contribution < -0.4 is 0 Å². The molecule has 0 saturated carbocycles. The SMILES string of the molecule is O=C(O)c1c2[nH]c3ccc(Br)cc3c2cc2c1[nH]c1ccc(Br)cc12. The zero-order chi connectivity index (χ0) is 17.3. The first kappa shape index (κ1) is 15.0. The van der Waals surface area contributed by atoms with Crippen LogP contribution in [-0.2, 0) is 0 Å². The van der Waals surface area contributed by atoms with E-state index in [0.717, 1.165) is 41.5 Å². The average Bonchev–Trinajstić information content (AvgIpc) is 3.10. The highest BCUT2D eigenvalue weighted by molar-refractivity contribution is 9.10. The molecule has 0 spiro atoms. The minimum atomic E-state index is -0.952. The molecule has 6 heteroatoms. The van der Waals surface area contributed by atoms with Crippen LogP contribution in [0.5, 0.6) is 0 Å². The van der Waals surface area contributed by atoms with E-state index in [9.17, 15) is 9.90 Å². The standard InChI is InChI=1S/C19H10Br2N2O2/c20-8-1-3-14-10(5-8)12-7-13-11-6-9(21)2-4-15(11)23-18(13)16(19(24)25)17(12)22-14/h1-7,22-23H,(H,24,25). The van der Waals surface area contributed by atoms with E-state index in [1.54, 1.807) is 0 Å². The summed E-state index contributed by atoms with van der Waals surface area (Å²) < 4.78 is 1.92. The molecule has 3 aromatic carbocycles. The second-order valence-electron chi connectivity index (χ2n) is 6.03. The molecule has 5 rings (SSSR count). The summed E-state index contributed by atoms with van der Waals surface area (Å²) in [5, 5.41) is 13.7. The third-order valence-corrected chi connectivity index (χ3v) is 5.59. The highest BCUT2D eigenvalue weighted by atomic mass is 79.9. The van der Waals surface area contributed by atoms with Crippen molar-refractivity contribution in [3.05, 3.63) is 57.0 Å². The van der Waals surface area contributed by atoms with Crippen LogP contribution >= 0.6 is 31.9 Å². The van der Waals surface area contributed by atoms with E-state index in [1.165, 1.54) is 0 Å². The zero-order valence-electron chi connectivity index (χ0n) is 12.7. The van der Waals surface area contributed by atoms with Crippen molar-refractivity contribution in [3.63, 3.8) is 0 Å². The number of fused-ring (bicyclic) bond motifs is 6. The van der Waals surface area contributed by atoms with Gasteiger partial charge < -0.3 is 15.1 Å². The normalized spacial score (nSPS) is 11.9. The van der Waals surface area contributed by atoms with Crippen LogP contribution in [0.25, 0.3) is 43.6 Å². The van der Waals surface area contributed by atoms with E-state index < -0.39 is 5.97 Å². The van der Waals surface area contributed by atoms with Gasteiger partial charge in [-0.25, -0.2) is 4.79 Å². The lowest BCUT2D eigenvalue weighted by molar-refractivity contribution is 0.0701. The fraction of sp³-hybridized carbons (Fsp3) is 0. The Morgan fingerprint density at radius 3 is 1.68 bits per heavy atom. The Hall–Kier alpha value is -2.31. The van der Waals surface area contributed by atoms with Gasteiger partial charge in [0.1, 0.15) is 5.56 Å². The maximum atomic E-state index is 12.1. The minimum absolute atomic E-state index is 0.271. The summed E-state index contributed by atoms with van der Waals surface area (Å²) in [6.45, 7) is 0. The van der Waals surface area contributed by atoms with Gasteiger partial charge in [0.15, 0.2) is 0 Å². The second-order valence-corrected chi connectivity index (χ2v) is 7.86. The Labute approximate surface area is 158 Å². The number of benzene rings is 3. The Morgan fingerprint density at radius 2 is 1.24 bits per heavy atom. The van der Waals surface area contributed by atoms with Crippen LogP contribution in [0.2, 0.25) is 0 Å². The molecule has 2 heterocycles. The van der Waals surface area contributed by atoms with Crippen LogP contribution in [0.3, 0.4) is 0 Å². The third kappa shape index (κ3) is 2.07. The van der Waals surface area contributed by atoms with Crippen molar-refractivity contribution in [2.75, 3.05) is 0 Å². The van der Waals surface area contributed by atoms with Crippen molar-refractivity contribution < 1.29 is 9.90 Å². The maximum Gasteiger partial charge on any atom is 0.340 e. The monoisotopic (exact) mass is 456 g/mol. The number of nitrogens with one attached hydrogen (secondary N) is 2. The molecule has 0 saturated heterocycles. The molecular weight excluding hydrogens is 448 g/mol. The van der Waals surface area contributed by atoms with Crippen molar-refractivity contribution in [3.8, 4) is 0 Å². The van der Waals surface area contributed by atoms with Gasteiger partial charge in [-0.3, -0.25) is 0 Å². The maximum absolute atomic E-state index is 12.1. The quantitative estimate of drug-likeness (QED) is 0.281. The predicted octanol–water partition coefficient (Wildman–Crippen LogP) is 6.18. The van der Waals surface area contributed by atoms with Crippen molar-refractivity contribution in [1.29, 1.82) is 0 Å². The Morgan fingerprint density at radius 1 is 0.760 bits per heavy atom. The molecule has 0 aliphatic rings. The molecule has 0 aliphatic carbocycles. The molecule has 122 valence electrons. The van der Waals surface area contributed by atoms with Gasteiger partial charge in [0, 0.05) is 41.5 Å². The van der Waals surface area contributed by atoms with Gasteiger partial charge in [-0.15, -0.1) is 0 Å². The fourth-order valence-electron chi connectivity index (χ4n) is 3.55. The van der Waals surface area contributed by atoms with Crippen LogP contribution in [0.15, 0.2) is 51.4 Å². The number of rotatable bonds is 1. The fourth-order valence-corrected chi connectivity index (χ4v) is 4.27. The highest BCUT2D eigenvalue weighted by Gasteiger charge is 2.20. The number of aromatic amines is 2. The number of hydrogen-bond donors (Lipinski definition) is 3. The summed E-state index contributed by atoms with van der Waals surface area (Å²) in [6, 6.07) is 13.9. The predicted molar refractivity (Wildman–Crippen MR) is 108 cm³/mol. The third-order valence-electron chi connectivity index (χ3n) is 4.60. The number of aromatic carboxylic acids is 1. The van der Waals surface area contributed by atoms with E-state index in [4.69, 9.17) is 0 Å². The number of H-pyrrole nitrogens is 2. The van der Waals surface area contributed by atoms with E-state index in [0.29, 0.717) is 11.0 Å². The van der Waals surface area contributed by atoms with Gasteiger partial charge >= 0.3 is 5.97 Å². The molecule has 0 unspecified atom stereocenters. The van der Waals surface area contributed by atoms with Gasteiger partial charge in [-0.2, -0.15) is 0 Å².